The molecule has 2 rings (SSSR count). The fraction of sp³-hybridized carbons (Fsp3) is 0.235. The van der Waals surface area contributed by atoms with Gasteiger partial charge in [-0.05, 0) is 38.1 Å². The number of carbonyl (C=O) groups is 1. The van der Waals surface area contributed by atoms with Gasteiger partial charge in [0.1, 0.15) is 11.6 Å². The molecule has 0 fully saturated rings. The Kier molecular flexibility index (Phi) is 5.97. The minimum atomic E-state index is -3.54. The molecular formula is C17H19FN2O4S. The Morgan fingerprint density at radius 1 is 1.12 bits per heavy atom. The highest BCUT2D eigenvalue weighted by molar-refractivity contribution is 7.92. The van der Waals surface area contributed by atoms with E-state index < -0.39 is 21.7 Å². The van der Waals surface area contributed by atoms with Crippen molar-refractivity contribution in [3.8, 4) is 5.75 Å². The zero-order valence-corrected chi connectivity index (χ0v) is 14.7. The molecule has 0 bridgehead atoms. The van der Waals surface area contributed by atoms with E-state index in [0.29, 0.717) is 12.4 Å². The molecule has 0 saturated heterocycles. The van der Waals surface area contributed by atoms with Gasteiger partial charge in [0.05, 0.1) is 29.3 Å². The number of anilines is 2. The molecule has 0 aromatic heterocycles. The van der Waals surface area contributed by atoms with Crippen molar-refractivity contribution in [2.24, 2.45) is 0 Å². The summed E-state index contributed by atoms with van der Waals surface area (Å²) in [5.74, 6) is -0.912. The summed E-state index contributed by atoms with van der Waals surface area (Å²) in [7, 11) is -3.54. The first-order chi connectivity index (χ1) is 11.9. The zero-order chi connectivity index (χ0) is 18.4. The van der Waals surface area contributed by atoms with Crippen molar-refractivity contribution in [2.45, 2.75) is 13.8 Å². The van der Waals surface area contributed by atoms with Crippen LogP contribution in [-0.4, -0.2) is 26.7 Å². The number of halogens is 1. The normalized spacial score (nSPS) is 11.0. The number of rotatable bonds is 7. The maximum Gasteiger partial charge on any atom is 0.257 e. The predicted octanol–water partition coefficient (Wildman–Crippen LogP) is 3.24. The monoisotopic (exact) mass is 366 g/mol. The summed E-state index contributed by atoms with van der Waals surface area (Å²) < 4.78 is 44.8. The molecule has 25 heavy (non-hydrogen) atoms. The smallest absolute Gasteiger partial charge is 0.257 e. The Bertz CT molecular complexity index is 869. The number of benzene rings is 2. The molecule has 0 atom stereocenters. The Morgan fingerprint density at radius 3 is 2.52 bits per heavy atom. The minimum Gasteiger partial charge on any atom is -0.492 e. The first kappa shape index (κ1) is 18.7. The van der Waals surface area contributed by atoms with E-state index in [-0.39, 0.29) is 22.7 Å². The summed E-state index contributed by atoms with van der Waals surface area (Å²) in [4.78, 5) is 12.6. The van der Waals surface area contributed by atoms with Gasteiger partial charge < -0.3 is 10.1 Å². The van der Waals surface area contributed by atoms with Crippen molar-refractivity contribution >= 4 is 27.3 Å². The van der Waals surface area contributed by atoms with E-state index in [2.05, 4.69) is 10.0 Å². The number of sulfonamides is 1. The average molecular weight is 366 g/mol. The third-order valence-corrected chi connectivity index (χ3v) is 4.60. The molecule has 0 radical (unpaired) electrons. The van der Waals surface area contributed by atoms with Crippen LogP contribution in [0.1, 0.15) is 24.2 Å². The van der Waals surface area contributed by atoms with Crippen LogP contribution in [0.3, 0.4) is 0 Å². The molecular weight excluding hydrogens is 347 g/mol. The van der Waals surface area contributed by atoms with Crippen LogP contribution in [0.5, 0.6) is 5.75 Å². The lowest BCUT2D eigenvalue weighted by Crippen LogP contribution is -2.19. The Hall–Kier alpha value is -2.61. The molecule has 0 heterocycles. The topological polar surface area (TPSA) is 84.5 Å². The van der Waals surface area contributed by atoms with Crippen LogP contribution >= 0.6 is 0 Å². The quantitative estimate of drug-likeness (QED) is 0.788. The van der Waals surface area contributed by atoms with Crippen molar-refractivity contribution in [3.63, 3.8) is 0 Å². The summed E-state index contributed by atoms with van der Waals surface area (Å²) in [5, 5.41) is 2.56. The van der Waals surface area contributed by atoms with Gasteiger partial charge in [-0.3, -0.25) is 9.52 Å². The fourth-order valence-corrected chi connectivity index (χ4v) is 2.74. The zero-order valence-electron chi connectivity index (χ0n) is 13.9. The van der Waals surface area contributed by atoms with Crippen molar-refractivity contribution < 1.29 is 22.3 Å². The number of hydrogen-bond donors (Lipinski definition) is 2. The molecule has 8 heteroatoms. The molecule has 0 spiro atoms. The second-order valence-corrected chi connectivity index (χ2v) is 7.09. The predicted molar refractivity (Wildman–Crippen MR) is 95.0 cm³/mol. The molecule has 1 amide bonds. The number of amides is 1. The molecule has 2 aromatic rings. The summed E-state index contributed by atoms with van der Waals surface area (Å²) in [5.41, 5.74) is 0.433. The maximum atomic E-state index is 13.5. The molecule has 6 nitrogen and oxygen atoms in total. The highest BCUT2D eigenvalue weighted by Crippen LogP contribution is 2.27. The highest BCUT2D eigenvalue weighted by Gasteiger charge is 2.17. The standard InChI is InChI=1S/C17H19FN2O4S/c1-3-24-16-10-9-12(18)11-15(16)19-17(21)13-7-5-6-8-14(13)20-25(22,23)4-2/h5-11,20H,3-4H2,1-2H3,(H,19,21). The lowest BCUT2D eigenvalue weighted by Gasteiger charge is -2.14. The fourth-order valence-electron chi connectivity index (χ4n) is 2.08. The summed E-state index contributed by atoms with van der Waals surface area (Å²) in [6.07, 6.45) is 0. The number of para-hydroxylation sites is 1. The van der Waals surface area contributed by atoms with E-state index in [4.69, 9.17) is 4.74 Å². The van der Waals surface area contributed by atoms with Crippen LogP contribution in [0, 0.1) is 5.82 Å². The van der Waals surface area contributed by atoms with E-state index >= 15 is 0 Å². The van der Waals surface area contributed by atoms with Gasteiger partial charge in [-0.25, -0.2) is 12.8 Å². The molecule has 2 aromatic carbocycles. The van der Waals surface area contributed by atoms with Gasteiger partial charge in [0, 0.05) is 6.07 Å². The van der Waals surface area contributed by atoms with Gasteiger partial charge in [0.15, 0.2) is 0 Å². The largest absolute Gasteiger partial charge is 0.492 e. The highest BCUT2D eigenvalue weighted by atomic mass is 32.2. The van der Waals surface area contributed by atoms with Crippen LogP contribution in [0.15, 0.2) is 42.5 Å². The second-order valence-electron chi connectivity index (χ2n) is 5.08. The van der Waals surface area contributed by atoms with Gasteiger partial charge in [-0.2, -0.15) is 0 Å². The summed E-state index contributed by atoms with van der Waals surface area (Å²) >= 11 is 0. The third kappa shape index (κ3) is 4.93. The number of nitrogens with one attached hydrogen (secondary N) is 2. The van der Waals surface area contributed by atoms with Gasteiger partial charge in [-0.15, -0.1) is 0 Å². The Morgan fingerprint density at radius 2 is 1.84 bits per heavy atom. The number of carbonyl (C=O) groups excluding carboxylic acids is 1. The summed E-state index contributed by atoms with van der Waals surface area (Å²) in [6.45, 7) is 3.61. The van der Waals surface area contributed by atoms with Crippen LogP contribution in [0.25, 0.3) is 0 Å². The van der Waals surface area contributed by atoms with Gasteiger partial charge in [0.25, 0.3) is 5.91 Å². The van der Waals surface area contributed by atoms with E-state index in [1.54, 1.807) is 19.1 Å². The van der Waals surface area contributed by atoms with Crippen molar-refractivity contribution in [2.75, 3.05) is 22.4 Å². The lowest BCUT2D eigenvalue weighted by atomic mass is 10.1. The van der Waals surface area contributed by atoms with Gasteiger partial charge >= 0.3 is 0 Å². The van der Waals surface area contributed by atoms with Crippen molar-refractivity contribution in [1.29, 1.82) is 0 Å². The molecule has 134 valence electrons. The van der Waals surface area contributed by atoms with Crippen molar-refractivity contribution in [3.05, 3.63) is 53.8 Å². The van der Waals surface area contributed by atoms with Crippen LogP contribution in [-0.2, 0) is 10.0 Å². The van der Waals surface area contributed by atoms with E-state index in [9.17, 15) is 17.6 Å². The number of hydrogen-bond acceptors (Lipinski definition) is 4. The molecule has 0 aliphatic heterocycles. The Balaban J connectivity index is 2.32. The van der Waals surface area contributed by atoms with Gasteiger partial charge in [0.2, 0.25) is 10.0 Å². The van der Waals surface area contributed by atoms with E-state index in [1.807, 2.05) is 0 Å². The number of ether oxygens (including phenoxy) is 1. The van der Waals surface area contributed by atoms with Crippen LogP contribution in [0.2, 0.25) is 0 Å². The summed E-state index contributed by atoms with van der Waals surface area (Å²) in [6, 6.07) is 9.96. The Labute approximate surface area is 146 Å². The SMILES string of the molecule is CCOc1ccc(F)cc1NC(=O)c1ccccc1NS(=O)(=O)CC. The lowest BCUT2D eigenvalue weighted by molar-refractivity contribution is 0.102. The molecule has 0 saturated carbocycles. The second kappa shape index (κ2) is 7.98. The average Bonchev–Trinajstić information content (AvgIpc) is 2.57. The molecule has 0 unspecified atom stereocenters. The van der Waals surface area contributed by atoms with E-state index in [1.165, 1.54) is 31.2 Å². The first-order valence-electron chi connectivity index (χ1n) is 7.69. The van der Waals surface area contributed by atoms with E-state index in [0.717, 1.165) is 6.07 Å². The minimum absolute atomic E-state index is 0.117. The van der Waals surface area contributed by atoms with Crippen LogP contribution < -0.4 is 14.8 Å². The molecule has 2 N–H and O–H groups in total. The van der Waals surface area contributed by atoms with Gasteiger partial charge in [-0.1, -0.05) is 12.1 Å². The molecule has 0 aliphatic rings. The van der Waals surface area contributed by atoms with Crippen LogP contribution in [0.4, 0.5) is 15.8 Å². The maximum absolute atomic E-state index is 13.5. The van der Waals surface area contributed by atoms with Crippen molar-refractivity contribution in [1.82, 2.24) is 0 Å². The molecule has 0 aliphatic carbocycles. The third-order valence-electron chi connectivity index (χ3n) is 3.31. The first-order valence-corrected chi connectivity index (χ1v) is 9.34.